The number of unbranched alkanes of at least 4 members (excludes halogenated alkanes) is 6. The fourth-order valence-corrected chi connectivity index (χ4v) is 2.24. The van der Waals surface area contributed by atoms with E-state index >= 15 is 0 Å². The number of primary amides is 1. The van der Waals surface area contributed by atoms with Gasteiger partial charge in [-0.05, 0) is 30.5 Å². The highest BCUT2D eigenvalue weighted by atomic mass is 16.6. The van der Waals surface area contributed by atoms with Crippen LogP contribution < -0.4 is 15.8 Å². The van der Waals surface area contributed by atoms with Gasteiger partial charge in [-0.25, -0.2) is 14.9 Å². The van der Waals surface area contributed by atoms with Gasteiger partial charge in [-0.1, -0.05) is 57.6 Å². The van der Waals surface area contributed by atoms with E-state index in [0.29, 0.717) is 5.75 Å². The quantitative estimate of drug-likeness (QED) is 0.672. The molecule has 0 bridgehead atoms. The van der Waals surface area contributed by atoms with Gasteiger partial charge in [0.15, 0.2) is 0 Å². The average Bonchev–Trinajstić information content (AvgIpc) is 2.47. The zero-order valence-corrected chi connectivity index (χ0v) is 13.3. The van der Waals surface area contributed by atoms with Crippen molar-refractivity contribution in [1.29, 1.82) is 0 Å². The van der Waals surface area contributed by atoms with Crippen molar-refractivity contribution < 1.29 is 14.3 Å². The number of imide groups is 1. The molecule has 0 aliphatic rings. The number of rotatable bonds is 9. The molecule has 1 aromatic carbocycles. The first kappa shape index (κ1) is 18.0. The van der Waals surface area contributed by atoms with E-state index < -0.39 is 12.1 Å². The number of carbonyl (C=O) groups excluding carboxylic acids is 2. The van der Waals surface area contributed by atoms with E-state index in [0.717, 1.165) is 6.42 Å². The van der Waals surface area contributed by atoms with Gasteiger partial charge in [0.05, 0.1) is 0 Å². The van der Waals surface area contributed by atoms with Crippen molar-refractivity contribution >= 4 is 12.1 Å². The first-order valence-electron chi connectivity index (χ1n) is 7.99. The van der Waals surface area contributed by atoms with Gasteiger partial charge >= 0.3 is 12.1 Å². The predicted octanol–water partition coefficient (Wildman–Crippen LogP) is 4.15. The summed E-state index contributed by atoms with van der Waals surface area (Å²) >= 11 is 0. The van der Waals surface area contributed by atoms with Gasteiger partial charge in [0.25, 0.3) is 0 Å². The molecule has 0 unspecified atom stereocenters. The third-order valence-electron chi connectivity index (χ3n) is 3.43. The van der Waals surface area contributed by atoms with E-state index in [-0.39, 0.29) is 0 Å². The Kier molecular flexibility index (Phi) is 8.72. The lowest BCUT2D eigenvalue weighted by molar-refractivity contribution is 0.199. The van der Waals surface area contributed by atoms with Crippen LogP contribution in [-0.2, 0) is 6.42 Å². The second-order valence-corrected chi connectivity index (χ2v) is 5.39. The van der Waals surface area contributed by atoms with Crippen LogP contribution in [0.3, 0.4) is 0 Å². The van der Waals surface area contributed by atoms with Crippen LogP contribution in [0.25, 0.3) is 0 Å². The molecular formula is C17H26N2O3. The van der Waals surface area contributed by atoms with Crippen molar-refractivity contribution in [3.63, 3.8) is 0 Å². The van der Waals surface area contributed by atoms with E-state index in [1.54, 1.807) is 12.1 Å². The molecule has 0 saturated heterocycles. The third kappa shape index (κ3) is 8.29. The summed E-state index contributed by atoms with van der Waals surface area (Å²) in [6.45, 7) is 2.23. The number of amides is 3. The van der Waals surface area contributed by atoms with Crippen LogP contribution in [0.4, 0.5) is 9.59 Å². The standard InChI is InChI=1S/C17H26N2O3/c1-2-3-4-5-6-7-8-9-14-10-12-15(13-11-14)22-17(21)19-16(18)20/h10-13H,2-9H2,1H3,(H3,18,19,20,21). The summed E-state index contributed by atoms with van der Waals surface area (Å²) in [4.78, 5) is 21.7. The van der Waals surface area contributed by atoms with E-state index in [9.17, 15) is 9.59 Å². The average molecular weight is 306 g/mol. The Labute approximate surface area is 132 Å². The van der Waals surface area contributed by atoms with Crippen molar-refractivity contribution in [2.75, 3.05) is 0 Å². The number of urea groups is 1. The molecule has 0 heterocycles. The summed E-state index contributed by atoms with van der Waals surface area (Å²) in [5, 5.41) is 1.85. The van der Waals surface area contributed by atoms with Gasteiger partial charge in [-0.2, -0.15) is 0 Å². The van der Waals surface area contributed by atoms with Crippen LogP contribution in [0.2, 0.25) is 0 Å². The molecule has 0 spiro atoms. The van der Waals surface area contributed by atoms with Gasteiger partial charge in [0.2, 0.25) is 0 Å². The van der Waals surface area contributed by atoms with Crippen LogP contribution >= 0.6 is 0 Å². The molecular weight excluding hydrogens is 280 g/mol. The second-order valence-electron chi connectivity index (χ2n) is 5.39. The lowest BCUT2D eigenvalue weighted by atomic mass is 10.0. The number of carbonyl (C=O) groups is 2. The maximum Gasteiger partial charge on any atom is 0.420 e. The Morgan fingerprint density at radius 2 is 1.59 bits per heavy atom. The number of benzene rings is 1. The van der Waals surface area contributed by atoms with Crippen LogP contribution in [0.15, 0.2) is 24.3 Å². The van der Waals surface area contributed by atoms with Gasteiger partial charge in [0, 0.05) is 0 Å². The van der Waals surface area contributed by atoms with E-state index in [4.69, 9.17) is 10.5 Å². The molecule has 0 saturated carbocycles. The number of hydrogen-bond acceptors (Lipinski definition) is 3. The molecule has 0 aromatic heterocycles. The molecule has 0 aliphatic heterocycles. The molecule has 5 nitrogen and oxygen atoms in total. The lowest BCUT2D eigenvalue weighted by Gasteiger charge is -2.06. The molecule has 22 heavy (non-hydrogen) atoms. The number of ether oxygens (including phenoxy) is 1. The highest BCUT2D eigenvalue weighted by Gasteiger charge is 2.06. The second kappa shape index (κ2) is 10.7. The van der Waals surface area contributed by atoms with Gasteiger partial charge in [0.1, 0.15) is 5.75 Å². The van der Waals surface area contributed by atoms with E-state index in [1.807, 2.05) is 17.4 Å². The molecule has 3 N–H and O–H groups in total. The first-order chi connectivity index (χ1) is 10.6. The Morgan fingerprint density at radius 3 is 2.18 bits per heavy atom. The van der Waals surface area contributed by atoms with Crippen molar-refractivity contribution in [1.82, 2.24) is 5.32 Å². The molecule has 122 valence electrons. The molecule has 3 amide bonds. The highest BCUT2D eigenvalue weighted by molar-refractivity contribution is 5.90. The van der Waals surface area contributed by atoms with Crippen molar-refractivity contribution in [2.45, 2.75) is 58.3 Å². The zero-order valence-electron chi connectivity index (χ0n) is 13.3. The highest BCUT2D eigenvalue weighted by Crippen LogP contribution is 2.15. The minimum Gasteiger partial charge on any atom is -0.410 e. The smallest absolute Gasteiger partial charge is 0.410 e. The van der Waals surface area contributed by atoms with E-state index in [1.165, 1.54) is 50.5 Å². The fraction of sp³-hybridized carbons (Fsp3) is 0.529. The fourth-order valence-electron chi connectivity index (χ4n) is 2.24. The number of hydrogen-bond donors (Lipinski definition) is 2. The first-order valence-corrected chi connectivity index (χ1v) is 7.99. The van der Waals surface area contributed by atoms with E-state index in [2.05, 4.69) is 6.92 Å². The maximum atomic E-state index is 11.2. The molecule has 1 aromatic rings. The summed E-state index contributed by atoms with van der Waals surface area (Å²) in [5.41, 5.74) is 6.05. The Balaban J connectivity index is 2.21. The maximum absolute atomic E-state index is 11.2. The molecule has 1 rings (SSSR count). The number of nitrogens with one attached hydrogen (secondary N) is 1. The summed E-state index contributed by atoms with van der Waals surface area (Å²) < 4.78 is 4.91. The van der Waals surface area contributed by atoms with Gasteiger partial charge in [-0.15, -0.1) is 0 Å². The monoisotopic (exact) mass is 306 g/mol. The topological polar surface area (TPSA) is 81.4 Å². The minimum absolute atomic E-state index is 0.391. The van der Waals surface area contributed by atoms with Gasteiger partial charge < -0.3 is 10.5 Å². The van der Waals surface area contributed by atoms with Gasteiger partial charge in [-0.3, -0.25) is 0 Å². The summed E-state index contributed by atoms with van der Waals surface area (Å²) in [6.07, 6.45) is 9.18. The normalized spacial score (nSPS) is 10.2. The largest absolute Gasteiger partial charge is 0.420 e. The lowest BCUT2D eigenvalue weighted by Crippen LogP contribution is -2.36. The Hall–Kier alpha value is -2.04. The van der Waals surface area contributed by atoms with Crippen LogP contribution in [0, 0.1) is 0 Å². The van der Waals surface area contributed by atoms with Crippen LogP contribution in [0.5, 0.6) is 5.75 Å². The Morgan fingerprint density at radius 1 is 1.00 bits per heavy atom. The Bertz CT molecular complexity index is 457. The SMILES string of the molecule is CCCCCCCCCc1ccc(OC(=O)NC(N)=O)cc1. The predicted molar refractivity (Wildman–Crippen MR) is 86.9 cm³/mol. The van der Waals surface area contributed by atoms with Crippen molar-refractivity contribution in [3.8, 4) is 5.75 Å². The molecule has 0 atom stereocenters. The van der Waals surface area contributed by atoms with Crippen molar-refractivity contribution in [3.05, 3.63) is 29.8 Å². The summed E-state index contributed by atoms with van der Waals surface area (Å²) in [6, 6.07) is 6.38. The summed E-state index contributed by atoms with van der Waals surface area (Å²) in [7, 11) is 0. The molecule has 0 aliphatic carbocycles. The minimum atomic E-state index is -0.930. The van der Waals surface area contributed by atoms with Crippen LogP contribution in [-0.4, -0.2) is 12.1 Å². The number of aryl methyl sites for hydroxylation is 1. The molecule has 0 fully saturated rings. The summed E-state index contributed by atoms with van der Waals surface area (Å²) in [5.74, 6) is 0.391. The zero-order chi connectivity index (χ0) is 16.2. The third-order valence-corrected chi connectivity index (χ3v) is 3.43. The number of nitrogens with two attached hydrogens (primary N) is 1. The molecule has 5 heteroatoms. The van der Waals surface area contributed by atoms with Crippen LogP contribution in [0.1, 0.15) is 57.4 Å². The van der Waals surface area contributed by atoms with Crippen molar-refractivity contribution in [2.24, 2.45) is 5.73 Å². The molecule has 0 radical (unpaired) electrons.